The topological polar surface area (TPSA) is 8.17 Å². The molecule has 1 aliphatic carbocycles. The van der Waals surface area contributed by atoms with Crippen LogP contribution in [0.3, 0.4) is 0 Å². The third-order valence-corrected chi connectivity index (χ3v) is 15.5. The second kappa shape index (κ2) is 14.3. The molecule has 0 N–H and O–H groups in total. The van der Waals surface area contributed by atoms with Gasteiger partial charge in [0.05, 0.1) is 16.7 Å². The standard InChI is InChI=1S/C50H36I2N2S2/c1-31-13-25-46-42(27-31)43-28-33(32-9-5-4-6-10-32)14-26-47(43)54(46)48-30-45-49(40-12-8-7-11-39(40)48)41-24-19-36(29-44(41)50(45,2)3)53(34-15-20-37(55-51)21-16-34)35-17-22-38(56-52)23-18-35/h4-30H,1-3H3. The maximum absolute atomic E-state index is 2.52. The lowest BCUT2D eigenvalue weighted by Crippen LogP contribution is -2.17. The average molecular weight is 983 g/mol. The number of benzene rings is 8. The summed E-state index contributed by atoms with van der Waals surface area (Å²) >= 11 is 4.72. The highest BCUT2D eigenvalue weighted by molar-refractivity contribution is 14.2. The molecule has 1 aliphatic rings. The van der Waals surface area contributed by atoms with Crippen molar-refractivity contribution in [2.45, 2.75) is 36.0 Å². The molecular formula is C50H36I2N2S2. The predicted molar refractivity (Wildman–Crippen MR) is 260 cm³/mol. The van der Waals surface area contributed by atoms with Crippen LogP contribution in [-0.2, 0) is 5.41 Å². The Kier molecular flexibility index (Phi) is 9.23. The molecule has 0 spiro atoms. The summed E-state index contributed by atoms with van der Waals surface area (Å²) in [6.07, 6.45) is 0. The molecule has 0 atom stereocenters. The van der Waals surface area contributed by atoms with Crippen molar-refractivity contribution in [3.63, 3.8) is 0 Å². The van der Waals surface area contributed by atoms with Crippen LogP contribution in [0.4, 0.5) is 17.1 Å². The molecule has 0 saturated carbocycles. The number of hydrogen-bond donors (Lipinski definition) is 0. The zero-order valence-electron chi connectivity index (χ0n) is 31.1. The fraction of sp³-hybridized carbons (Fsp3) is 0.0800. The number of nitrogens with zero attached hydrogens (tertiary/aromatic N) is 2. The summed E-state index contributed by atoms with van der Waals surface area (Å²) < 4.78 is 2.52. The Morgan fingerprint density at radius 3 is 1.75 bits per heavy atom. The van der Waals surface area contributed by atoms with Gasteiger partial charge >= 0.3 is 0 Å². The second-order valence-electron chi connectivity index (χ2n) is 15.2. The molecule has 9 aromatic rings. The number of halogens is 2. The van der Waals surface area contributed by atoms with Gasteiger partial charge in [0.15, 0.2) is 0 Å². The van der Waals surface area contributed by atoms with Crippen molar-refractivity contribution in [3.05, 3.63) is 180 Å². The van der Waals surface area contributed by atoms with Crippen molar-refractivity contribution in [3.8, 4) is 27.9 Å². The molecule has 1 aromatic heterocycles. The van der Waals surface area contributed by atoms with E-state index in [1.807, 2.05) is 0 Å². The van der Waals surface area contributed by atoms with Gasteiger partial charge in [-0.2, -0.15) is 0 Å². The van der Waals surface area contributed by atoms with Crippen molar-refractivity contribution in [1.29, 1.82) is 0 Å². The minimum absolute atomic E-state index is 0.246. The van der Waals surface area contributed by atoms with Crippen LogP contribution in [0.5, 0.6) is 0 Å². The lowest BCUT2D eigenvalue weighted by molar-refractivity contribution is 0.660. The number of aryl methyl sites for hydroxylation is 1. The molecule has 0 bridgehead atoms. The van der Waals surface area contributed by atoms with Crippen LogP contribution < -0.4 is 4.90 Å². The van der Waals surface area contributed by atoms with Crippen LogP contribution in [0.25, 0.3) is 60.5 Å². The lowest BCUT2D eigenvalue weighted by Gasteiger charge is -2.28. The largest absolute Gasteiger partial charge is 0.310 e. The molecular weight excluding hydrogens is 947 g/mol. The third-order valence-electron chi connectivity index (χ3n) is 11.5. The molecule has 0 amide bonds. The van der Waals surface area contributed by atoms with E-state index in [4.69, 9.17) is 0 Å². The van der Waals surface area contributed by atoms with Crippen LogP contribution in [0.2, 0.25) is 0 Å². The van der Waals surface area contributed by atoms with E-state index in [9.17, 15) is 0 Å². The number of anilines is 3. The molecule has 8 aromatic carbocycles. The number of hydrogen-bond acceptors (Lipinski definition) is 3. The lowest BCUT2D eigenvalue weighted by atomic mass is 9.81. The van der Waals surface area contributed by atoms with Crippen molar-refractivity contribution >= 4 is 110 Å². The van der Waals surface area contributed by atoms with E-state index in [2.05, 4.69) is 236 Å². The van der Waals surface area contributed by atoms with E-state index in [0.717, 1.165) is 17.1 Å². The summed E-state index contributed by atoms with van der Waals surface area (Å²) in [5, 5.41) is 5.11. The zero-order chi connectivity index (χ0) is 38.1. The Morgan fingerprint density at radius 1 is 0.500 bits per heavy atom. The normalized spacial score (nSPS) is 13.0. The van der Waals surface area contributed by atoms with Crippen LogP contribution >= 0.6 is 60.3 Å². The zero-order valence-corrected chi connectivity index (χ0v) is 37.0. The summed E-state index contributed by atoms with van der Waals surface area (Å²) in [5.41, 5.74) is 16.0. The van der Waals surface area contributed by atoms with Crippen LogP contribution in [0, 0.1) is 6.92 Å². The van der Waals surface area contributed by atoms with E-state index in [0.29, 0.717) is 0 Å². The summed E-state index contributed by atoms with van der Waals surface area (Å²) in [7, 11) is 3.49. The van der Waals surface area contributed by atoms with E-state index >= 15 is 0 Å². The Balaban J connectivity index is 1.18. The van der Waals surface area contributed by atoms with E-state index < -0.39 is 0 Å². The van der Waals surface area contributed by atoms with Crippen LogP contribution in [0.1, 0.15) is 30.5 Å². The summed E-state index contributed by atoms with van der Waals surface area (Å²) in [5.74, 6) is 0. The summed E-state index contributed by atoms with van der Waals surface area (Å²) in [6, 6.07) is 61.1. The monoisotopic (exact) mass is 982 g/mol. The van der Waals surface area contributed by atoms with E-state index in [-0.39, 0.29) is 5.41 Å². The molecule has 0 unspecified atom stereocenters. The SMILES string of the molecule is Cc1ccc2c(c1)c1cc(-c3ccccc3)ccc1n2-c1cc2c(c3ccccc13)-c1ccc(N(c3ccc(SI)cc3)c3ccc(SI)cc3)cc1C2(C)C. The molecule has 56 heavy (non-hydrogen) atoms. The molecule has 2 nitrogen and oxygen atoms in total. The number of fused-ring (bicyclic) bond motifs is 8. The van der Waals surface area contributed by atoms with Gasteiger partial charge in [-0.3, -0.25) is 0 Å². The van der Waals surface area contributed by atoms with Gasteiger partial charge in [0.25, 0.3) is 0 Å². The van der Waals surface area contributed by atoms with Gasteiger partial charge in [-0.1, -0.05) is 110 Å². The molecule has 0 aliphatic heterocycles. The molecule has 0 fully saturated rings. The molecule has 6 heteroatoms. The summed E-state index contributed by atoms with van der Waals surface area (Å²) in [6.45, 7) is 7.01. The van der Waals surface area contributed by atoms with Crippen molar-refractivity contribution in [2.24, 2.45) is 0 Å². The van der Waals surface area contributed by atoms with E-state index in [1.165, 1.54) is 87.0 Å². The average Bonchev–Trinajstić information content (AvgIpc) is 3.68. The fourth-order valence-corrected chi connectivity index (χ4v) is 11.1. The minimum atomic E-state index is -0.246. The smallest absolute Gasteiger partial charge is 0.0544 e. The minimum Gasteiger partial charge on any atom is -0.310 e. The van der Waals surface area contributed by atoms with Gasteiger partial charge in [-0.05, 0) is 137 Å². The number of aromatic nitrogens is 1. The Morgan fingerprint density at radius 2 is 1.09 bits per heavy atom. The highest BCUT2D eigenvalue weighted by atomic mass is 127. The van der Waals surface area contributed by atoms with Crippen molar-refractivity contribution in [2.75, 3.05) is 4.90 Å². The van der Waals surface area contributed by atoms with Crippen molar-refractivity contribution < 1.29 is 0 Å². The van der Waals surface area contributed by atoms with Gasteiger partial charge in [-0.15, -0.1) is 0 Å². The van der Waals surface area contributed by atoms with Gasteiger partial charge < -0.3 is 9.47 Å². The van der Waals surface area contributed by atoms with Gasteiger partial charge in [0.1, 0.15) is 0 Å². The van der Waals surface area contributed by atoms with E-state index in [1.54, 1.807) is 17.9 Å². The molecule has 0 radical (unpaired) electrons. The Labute approximate surface area is 360 Å². The number of rotatable bonds is 7. The van der Waals surface area contributed by atoms with Crippen LogP contribution in [-0.4, -0.2) is 4.57 Å². The second-order valence-corrected chi connectivity index (χ2v) is 19.0. The Hall–Kier alpha value is -4.22. The first-order valence-electron chi connectivity index (χ1n) is 18.7. The molecule has 1 heterocycles. The van der Waals surface area contributed by atoms with Gasteiger partial charge in [0, 0.05) is 90.8 Å². The first-order valence-corrected chi connectivity index (χ1v) is 25.4. The van der Waals surface area contributed by atoms with Crippen LogP contribution in [0.15, 0.2) is 174 Å². The van der Waals surface area contributed by atoms with Gasteiger partial charge in [-0.25, -0.2) is 0 Å². The molecule has 272 valence electrons. The first kappa shape index (κ1) is 36.1. The Bertz CT molecular complexity index is 2920. The van der Waals surface area contributed by atoms with Gasteiger partial charge in [0.2, 0.25) is 0 Å². The fourth-order valence-electron chi connectivity index (χ4n) is 8.82. The molecule has 10 rings (SSSR count). The highest BCUT2D eigenvalue weighted by Crippen LogP contribution is 2.54. The third kappa shape index (κ3) is 5.89. The predicted octanol–water partition coefficient (Wildman–Crippen LogP) is 16.6. The van der Waals surface area contributed by atoms with Crippen molar-refractivity contribution in [1.82, 2.24) is 4.57 Å². The maximum Gasteiger partial charge on any atom is 0.0544 e. The maximum atomic E-state index is 2.52. The highest BCUT2D eigenvalue weighted by Gasteiger charge is 2.38. The molecule has 0 saturated heterocycles. The summed E-state index contributed by atoms with van der Waals surface area (Å²) in [4.78, 5) is 4.89. The quantitative estimate of drug-likeness (QED) is 0.147. The first-order chi connectivity index (χ1) is 27.3.